The minimum atomic E-state index is -0.725. The van der Waals surface area contributed by atoms with Crippen LogP contribution in [0.2, 0.25) is 0 Å². The molecule has 0 saturated heterocycles. The number of ether oxygens (including phenoxy) is 1. The van der Waals surface area contributed by atoms with Crippen LogP contribution in [0.5, 0.6) is 5.75 Å². The van der Waals surface area contributed by atoms with Gasteiger partial charge in [0.15, 0.2) is 5.81 Å². The summed E-state index contributed by atoms with van der Waals surface area (Å²) in [5.74, 6) is 1.28. The highest BCUT2D eigenvalue weighted by Gasteiger charge is 2.31. The lowest BCUT2D eigenvalue weighted by Crippen LogP contribution is -2.33. The number of rotatable bonds is 12. The average molecular weight is 561 g/mol. The van der Waals surface area contributed by atoms with Gasteiger partial charge in [0.05, 0.1) is 18.0 Å². The van der Waals surface area contributed by atoms with E-state index < -0.39 is 12.0 Å². The van der Waals surface area contributed by atoms with Crippen molar-refractivity contribution < 1.29 is 9.53 Å². The number of nitrogens with zero attached hydrogens (tertiary/aromatic N) is 2. The third-order valence-electron chi connectivity index (χ3n) is 7.64. The summed E-state index contributed by atoms with van der Waals surface area (Å²) < 4.78 is 7.44. The fourth-order valence-electron chi connectivity index (χ4n) is 5.34. The monoisotopic (exact) mass is 560 g/mol. The van der Waals surface area contributed by atoms with Crippen LogP contribution >= 0.6 is 0 Å². The number of benzene rings is 3. The number of aryl methyl sites for hydroxylation is 1. The van der Waals surface area contributed by atoms with Crippen LogP contribution in [-0.4, -0.2) is 29.8 Å². The molecule has 5 rings (SSSR count). The number of aromatic nitrogens is 2. The predicted octanol–water partition coefficient (Wildman–Crippen LogP) is 5.94. The predicted molar refractivity (Wildman–Crippen MR) is 167 cm³/mol. The number of nitrogens with one attached hydrogen (secondary N) is 1. The molecule has 0 spiro atoms. The third-order valence-corrected chi connectivity index (χ3v) is 7.64. The minimum absolute atomic E-state index is 0.0000785. The molecule has 0 bridgehead atoms. The highest BCUT2D eigenvalue weighted by Crippen LogP contribution is 2.40. The third kappa shape index (κ3) is 6.65. The van der Waals surface area contributed by atoms with Gasteiger partial charge in [-0.2, -0.15) is 0 Å². The molecule has 8 heteroatoms. The van der Waals surface area contributed by atoms with Gasteiger partial charge in [-0.3, -0.25) is 14.2 Å². The summed E-state index contributed by atoms with van der Waals surface area (Å²) in [4.78, 5) is 30.8. The molecule has 42 heavy (non-hydrogen) atoms. The van der Waals surface area contributed by atoms with Gasteiger partial charge in [-0.1, -0.05) is 61.9 Å². The lowest BCUT2D eigenvalue weighted by Gasteiger charge is -2.19. The van der Waals surface area contributed by atoms with Crippen molar-refractivity contribution in [3.8, 4) is 22.6 Å². The lowest BCUT2D eigenvalue weighted by atomic mass is 9.95. The Kier molecular flexibility index (Phi) is 9.23. The average Bonchev–Trinajstić information content (AvgIpc) is 3.84. The number of hydrogen-bond acceptors (Lipinski definition) is 5. The number of hydrogen-bond donors (Lipinski definition) is 2. The zero-order chi connectivity index (χ0) is 29.6. The largest absolute Gasteiger partial charge is 0.494 e. The summed E-state index contributed by atoms with van der Waals surface area (Å²) in [6.07, 6.45) is 4.65. The topological polar surface area (TPSA) is 99.2 Å². The first-order valence-electron chi connectivity index (χ1n) is 14.8. The van der Waals surface area contributed by atoms with Crippen LogP contribution in [0.1, 0.15) is 79.8 Å². The van der Waals surface area contributed by atoms with Crippen LogP contribution in [0.25, 0.3) is 16.8 Å². The van der Waals surface area contributed by atoms with E-state index in [1.165, 1.54) is 0 Å². The number of unbranched alkanes of at least 4 members (excludes halogenated alkanes) is 1. The Morgan fingerprint density at radius 3 is 2.43 bits per heavy atom. The molecule has 4 aromatic rings. The first-order valence-corrected chi connectivity index (χ1v) is 14.8. The molecule has 1 unspecified atom stereocenters. The molecule has 2 radical (unpaired) electrons. The first kappa shape index (κ1) is 29.3. The van der Waals surface area contributed by atoms with Crippen molar-refractivity contribution in [1.29, 1.82) is 0 Å². The molecule has 1 aromatic heterocycles. The second kappa shape index (κ2) is 13.2. The fourth-order valence-corrected chi connectivity index (χ4v) is 5.34. The molecule has 1 fully saturated rings. The van der Waals surface area contributed by atoms with Crippen molar-refractivity contribution in [2.75, 3.05) is 6.61 Å². The summed E-state index contributed by atoms with van der Waals surface area (Å²) in [5.41, 5.74) is 12.3. The van der Waals surface area contributed by atoms with E-state index in [0.717, 1.165) is 82.9 Å². The molecule has 1 atom stereocenters. The Labute approximate surface area is 248 Å². The Morgan fingerprint density at radius 2 is 1.79 bits per heavy atom. The van der Waals surface area contributed by atoms with Gasteiger partial charge in [0.25, 0.3) is 5.56 Å². The van der Waals surface area contributed by atoms with Crippen LogP contribution in [0, 0.1) is 0 Å². The fraction of sp³-hybridized carbons (Fsp3) is 0.324. The van der Waals surface area contributed by atoms with Gasteiger partial charge < -0.3 is 15.8 Å². The Morgan fingerprint density at radius 1 is 1.07 bits per heavy atom. The maximum Gasteiger partial charge on any atom is 0.261 e. The van der Waals surface area contributed by atoms with Gasteiger partial charge in [0.1, 0.15) is 17.7 Å². The first-order chi connectivity index (χ1) is 20.4. The summed E-state index contributed by atoms with van der Waals surface area (Å²) in [7, 11) is 5.30. The minimum Gasteiger partial charge on any atom is -0.494 e. The van der Waals surface area contributed by atoms with Crippen molar-refractivity contribution in [2.45, 2.75) is 64.5 Å². The standard InChI is InChI=1S/C34H37BN4O3/c1-3-5-10-30-29(33(40)39(32(37-30)24-15-16-24)25-17-19-26(20-18-25)42-4-2)21-22-11-13-23(14-12-22)27-8-6-7-9-28(27)31(36)38-34(35)41/h6-9,11-14,17-20,24,31H,3-5,10,15-16,21,36H2,1-2H3,(H,38,41). The number of amides is 1. The van der Waals surface area contributed by atoms with Gasteiger partial charge in [-0.15, -0.1) is 0 Å². The molecule has 1 saturated carbocycles. The molecular weight excluding hydrogens is 523 g/mol. The molecular formula is C34H37BN4O3. The number of carbonyl (C=O) groups is 1. The molecule has 1 aliphatic carbocycles. The van der Waals surface area contributed by atoms with Crippen molar-refractivity contribution in [3.05, 3.63) is 111 Å². The summed E-state index contributed by atoms with van der Waals surface area (Å²) >= 11 is 0. The maximum absolute atomic E-state index is 14.3. The quantitative estimate of drug-likeness (QED) is 0.165. The smallest absolute Gasteiger partial charge is 0.261 e. The summed E-state index contributed by atoms with van der Waals surface area (Å²) in [6, 6.07) is 23.5. The van der Waals surface area contributed by atoms with Crippen LogP contribution < -0.4 is 21.3 Å². The zero-order valence-corrected chi connectivity index (χ0v) is 24.3. The van der Waals surface area contributed by atoms with Crippen LogP contribution in [0.15, 0.2) is 77.6 Å². The number of carbonyl (C=O) groups excluding carboxylic acids is 1. The SMILES string of the molecule is [B]C(=O)NC(N)c1ccccc1-c1ccc(Cc2c(CCCC)nc(C3CC3)n(-c3ccc(OCC)cc3)c2=O)cc1. The van der Waals surface area contributed by atoms with Gasteiger partial charge in [0.2, 0.25) is 7.85 Å². The van der Waals surface area contributed by atoms with Gasteiger partial charge in [-0.25, -0.2) is 4.98 Å². The van der Waals surface area contributed by atoms with E-state index >= 15 is 0 Å². The molecule has 7 nitrogen and oxygen atoms in total. The highest BCUT2D eigenvalue weighted by atomic mass is 16.5. The van der Waals surface area contributed by atoms with Gasteiger partial charge in [0, 0.05) is 17.9 Å². The van der Waals surface area contributed by atoms with E-state index in [0.29, 0.717) is 18.9 Å². The Bertz CT molecular complexity index is 1600. The summed E-state index contributed by atoms with van der Waals surface area (Å²) in [5, 5.41) is 2.55. The van der Waals surface area contributed by atoms with Gasteiger partial charge in [-0.05, 0) is 79.1 Å². The maximum atomic E-state index is 14.3. The molecule has 214 valence electrons. The van der Waals surface area contributed by atoms with Crippen molar-refractivity contribution in [3.63, 3.8) is 0 Å². The van der Waals surface area contributed by atoms with E-state index in [4.69, 9.17) is 23.3 Å². The van der Waals surface area contributed by atoms with Crippen LogP contribution in [0.4, 0.5) is 4.79 Å². The Balaban J connectivity index is 1.51. The van der Waals surface area contributed by atoms with E-state index in [-0.39, 0.29) is 5.56 Å². The molecule has 1 amide bonds. The van der Waals surface area contributed by atoms with Gasteiger partial charge >= 0.3 is 0 Å². The normalized spacial score (nSPS) is 13.5. The second-order valence-electron chi connectivity index (χ2n) is 10.8. The second-order valence-corrected chi connectivity index (χ2v) is 10.8. The summed E-state index contributed by atoms with van der Waals surface area (Å²) in [6.45, 7) is 4.70. The highest BCUT2D eigenvalue weighted by molar-refractivity contribution is 6.57. The van der Waals surface area contributed by atoms with Crippen LogP contribution in [-0.2, 0) is 12.8 Å². The van der Waals surface area contributed by atoms with Crippen molar-refractivity contribution in [1.82, 2.24) is 14.9 Å². The molecule has 3 aromatic carbocycles. The van der Waals surface area contributed by atoms with Crippen molar-refractivity contribution in [2.24, 2.45) is 5.73 Å². The molecule has 3 N–H and O–H groups in total. The Hall–Kier alpha value is -4.17. The van der Waals surface area contributed by atoms with E-state index in [1.54, 1.807) is 0 Å². The van der Waals surface area contributed by atoms with E-state index in [9.17, 15) is 9.59 Å². The van der Waals surface area contributed by atoms with E-state index in [2.05, 4.69) is 12.2 Å². The molecule has 1 aliphatic rings. The zero-order valence-electron chi connectivity index (χ0n) is 24.3. The van der Waals surface area contributed by atoms with E-state index in [1.807, 2.05) is 84.3 Å². The number of nitrogens with two attached hydrogens (primary N) is 1. The molecule has 0 aliphatic heterocycles. The lowest BCUT2D eigenvalue weighted by molar-refractivity contribution is 0.256. The van der Waals surface area contributed by atoms with Crippen LogP contribution in [0.3, 0.4) is 0 Å². The molecule has 1 heterocycles. The van der Waals surface area contributed by atoms with Crippen molar-refractivity contribution >= 4 is 13.7 Å².